The number of guanidine groups is 1. The summed E-state index contributed by atoms with van der Waals surface area (Å²) in [7, 11) is 3.59. The predicted octanol–water partition coefficient (Wildman–Crippen LogP) is 4.21. The molecule has 0 saturated carbocycles. The SMILES string of the molecule is CN=C(NCc1ncc(-c2ccccc2)[nH]1)NCc1cc(Cl)c(Cl)n1C.I. The minimum absolute atomic E-state index is 0. The maximum atomic E-state index is 6.09. The van der Waals surface area contributed by atoms with Gasteiger partial charge in [-0.3, -0.25) is 4.99 Å². The summed E-state index contributed by atoms with van der Waals surface area (Å²) in [5.41, 5.74) is 3.05. The molecule has 0 bridgehead atoms. The van der Waals surface area contributed by atoms with Gasteiger partial charge < -0.3 is 20.2 Å². The van der Waals surface area contributed by atoms with Gasteiger partial charge in [0, 0.05) is 19.8 Å². The van der Waals surface area contributed by atoms with Crippen molar-refractivity contribution in [2.75, 3.05) is 7.05 Å². The van der Waals surface area contributed by atoms with E-state index in [1.807, 2.05) is 54.2 Å². The second-order valence-corrected chi connectivity index (χ2v) is 6.49. The fourth-order valence-corrected chi connectivity index (χ4v) is 2.95. The molecule has 144 valence electrons. The zero-order valence-corrected chi connectivity index (χ0v) is 18.8. The molecule has 9 heteroatoms. The second kappa shape index (κ2) is 10.0. The lowest BCUT2D eigenvalue weighted by Gasteiger charge is -2.11. The van der Waals surface area contributed by atoms with Crippen LogP contribution in [0, 0.1) is 0 Å². The lowest BCUT2D eigenvalue weighted by Crippen LogP contribution is -2.36. The van der Waals surface area contributed by atoms with Gasteiger partial charge in [0.25, 0.3) is 0 Å². The van der Waals surface area contributed by atoms with E-state index < -0.39 is 0 Å². The Hall–Kier alpha value is -1.71. The van der Waals surface area contributed by atoms with E-state index in [-0.39, 0.29) is 24.0 Å². The van der Waals surface area contributed by atoms with Crippen LogP contribution in [0.4, 0.5) is 0 Å². The number of H-pyrrole nitrogens is 1. The standard InChI is InChI=1S/C18H20Cl2N6.HI/c1-21-18(23-9-13-8-14(19)17(20)26(13)2)24-11-16-22-10-15(25-16)12-6-4-3-5-7-12;/h3-8,10H,9,11H2,1-2H3,(H,22,25)(H2,21,23,24);1H. The second-order valence-electron chi connectivity index (χ2n) is 5.72. The van der Waals surface area contributed by atoms with Gasteiger partial charge in [0.1, 0.15) is 11.0 Å². The van der Waals surface area contributed by atoms with Crippen molar-refractivity contribution in [3.05, 3.63) is 64.3 Å². The molecule has 3 aromatic rings. The van der Waals surface area contributed by atoms with Crippen molar-refractivity contribution in [3.63, 3.8) is 0 Å². The van der Waals surface area contributed by atoms with Crippen LogP contribution in [0.5, 0.6) is 0 Å². The van der Waals surface area contributed by atoms with Crippen molar-refractivity contribution >= 4 is 53.1 Å². The Kier molecular flexibility index (Phi) is 8.00. The summed E-state index contributed by atoms with van der Waals surface area (Å²) in [4.78, 5) is 11.9. The summed E-state index contributed by atoms with van der Waals surface area (Å²) in [6.45, 7) is 1.08. The highest BCUT2D eigenvalue weighted by molar-refractivity contribution is 14.0. The average Bonchev–Trinajstić information content (AvgIpc) is 3.23. The highest BCUT2D eigenvalue weighted by atomic mass is 127. The molecule has 1 aromatic carbocycles. The third-order valence-corrected chi connectivity index (χ3v) is 4.85. The maximum absolute atomic E-state index is 6.09. The number of halogens is 3. The molecule has 0 unspecified atom stereocenters. The third kappa shape index (κ3) is 5.40. The molecule has 0 saturated heterocycles. The number of nitrogens with zero attached hydrogens (tertiary/aromatic N) is 3. The first-order chi connectivity index (χ1) is 12.6. The molecule has 0 radical (unpaired) electrons. The van der Waals surface area contributed by atoms with Crippen molar-refractivity contribution in [1.29, 1.82) is 0 Å². The topological polar surface area (TPSA) is 70.0 Å². The zero-order chi connectivity index (χ0) is 18.5. The number of rotatable bonds is 5. The molecule has 0 aliphatic heterocycles. The fourth-order valence-electron chi connectivity index (χ4n) is 2.54. The van der Waals surface area contributed by atoms with Crippen molar-refractivity contribution in [2.24, 2.45) is 12.0 Å². The molecular weight excluding hydrogens is 498 g/mol. The summed E-state index contributed by atoms with van der Waals surface area (Å²) < 4.78 is 1.84. The molecule has 2 heterocycles. The molecule has 0 fully saturated rings. The number of aromatic nitrogens is 3. The van der Waals surface area contributed by atoms with E-state index in [2.05, 4.69) is 25.6 Å². The summed E-state index contributed by atoms with van der Waals surface area (Å²) in [6, 6.07) is 11.9. The van der Waals surface area contributed by atoms with Crippen molar-refractivity contribution in [2.45, 2.75) is 13.1 Å². The fraction of sp³-hybridized carbons (Fsp3) is 0.222. The van der Waals surface area contributed by atoms with Gasteiger partial charge in [0.05, 0.1) is 30.0 Å². The number of benzene rings is 1. The minimum Gasteiger partial charge on any atom is -0.351 e. The van der Waals surface area contributed by atoms with Crippen LogP contribution in [-0.4, -0.2) is 27.5 Å². The number of imidazole rings is 1. The van der Waals surface area contributed by atoms with Crippen molar-refractivity contribution in [1.82, 2.24) is 25.2 Å². The van der Waals surface area contributed by atoms with Crippen molar-refractivity contribution < 1.29 is 0 Å². The van der Waals surface area contributed by atoms with Crippen LogP contribution in [0.25, 0.3) is 11.3 Å². The Morgan fingerprint density at radius 3 is 2.52 bits per heavy atom. The van der Waals surface area contributed by atoms with Gasteiger partial charge in [-0.05, 0) is 11.6 Å². The van der Waals surface area contributed by atoms with Crippen LogP contribution in [0.2, 0.25) is 10.2 Å². The van der Waals surface area contributed by atoms with E-state index in [4.69, 9.17) is 23.2 Å². The summed E-state index contributed by atoms with van der Waals surface area (Å²) in [5.74, 6) is 1.49. The minimum atomic E-state index is 0. The summed E-state index contributed by atoms with van der Waals surface area (Å²) >= 11 is 12.1. The highest BCUT2D eigenvalue weighted by Crippen LogP contribution is 2.24. The normalized spacial score (nSPS) is 11.2. The van der Waals surface area contributed by atoms with Crippen LogP contribution in [-0.2, 0) is 20.1 Å². The first-order valence-electron chi connectivity index (χ1n) is 8.12. The zero-order valence-electron chi connectivity index (χ0n) is 15.0. The van der Waals surface area contributed by atoms with Crippen LogP contribution >= 0.6 is 47.2 Å². The third-order valence-electron chi connectivity index (χ3n) is 4.01. The molecule has 0 spiro atoms. The Bertz CT molecular complexity index is 904. The molecule has 0 aliphatic carbocycles. The molecule has 2 aromatic heterocycles. The monoisotopic (exact) mass is 518 g/mol. The van der Waals surface area contributed by atoms with Crippen molar-refractivity contribution in [3.8, 4) is 11.3 Å². The number of nitrogens with one attached hydrogen (secondary N) is 3. The Morgan fingerprint density at radius 1 is 1.19 bits per heavy atom. The van der Waals surface area contributed by atoms with E-state index in [1.165, 1.54) is 0 Å². The van der Waals surface area contributed by atoms with E-state index >= 15 is 0 Å². The molecule has 6 nitrogen and oxygen atoms in total. The van der Waals surface area contributed by atoms with Gasteiger partial charge in [0.15, 0.2) is 5.96 Å². The molecule has 0 aliphatic rings. The summed E-state index contributed by atoms with van der Waals surface area (Å²) in [6.07, 6.45) is 1.83. The smallest absolute Gasteiger partial charge is 0.191 e. The largest absolute Gasteiger partial charge is 0.351 e. The van der Waals surface area contributed by atoms with Gasteiger partial charge in [-0.25, -0.2) is 4.98 Å². The quantitative estimate of drug-likeness (QED) is 0.269. The predicted molar refractivity (Wildman–Crippen MR) is 122 cm³/mol. The number of hydrogen-bond acceptors (Lipinski definition) is 2. The molecule has 27 heavy (non-hydrogen) atoms. The van der Waals surface area contributed by atoms with E-state index in [1.54, 1.807) is 7.05 Å². The van der Waals surface area contributed by atoms with Crippen LogP contribution in [0.15, 0.2) is 47.6 Å². The first-order valence-corrected chi connectivity index (χ1v) is 8.87. The highest BCUT2D eigenvalue weighted by Gasteiger charge is 2.09. The lowest BCUT2D eigenvalue weighted by molar-refractivity contribution is 0.741. The van der Waals surface area contributed by atoms with Gasteiger partial charge in [-0.1, -0.05) is 53.5 Å². The molecule has 3 rings (SSSR count). The number of aromatic amines is 1. The molecule has 0 amide bonds. The van der Waals surface area contributed by atoms with Crippen LogP contribution < -0.4 is 10.6 Å². The van der Waals surface area contributed by atoms with Gasteiger partial charge in [0.2, 0.25) is 0 Å². The van der Waals surface area contributed by atoms with Gasteiger partial charge in [-0.2, -0.15) is 0 Å². The molecule has 3 N–H and O–H groups in total. The molecule has 0 atom stereocenters. The van der Waals surface area contributed by atoms with E-state index in [0.29, 0.717) is 29.2 Å². The van der Waals surface area contributed by atoms with E-state index in [0.717, 1.165) is 22.8 Å². The Morgan fingerprint density at radius 2 is 1.89 bits per heavy atom. The van der Waals surface area contributed by atoms with E-state index in [9.17, 15) is 0 Å². The van der Waals surface area contributed by atoms with Crippen LogP contribution in [0.1, 0.15) is 11.5 Å². The maximum Gasteiger partial charge on any atom is 0.191 e. The average molecular weight is 519 g/mol. The Labute approximate surface area is 185 Å². The van der Waals surface area contributed by atoms with Gasteiger partial charge in [-0.15, -0.1) is 24.0 Å². The number of aliphatic imine (C=N–C) groups is 1. The number of hydrogen-bond donors (Lipinski definition) is 3. The summed E-state index contributed by atoms with van der Waals surface area (Å²) in [5, 5.41) is 7.53. The Balaban J connectivity index is 0.00000261. The lowest BCUT2D eigenvalue weighted by atomic mass is 10.2. The van der Waals surface area contributed by atoms with Gasteiger partial charge >= 0.3 is 0 Å². The van der Waals surface area contributed by atoms with Crippen LogP contribution in [0.3, 0.4) is 0 Å². The first kappa shape index (κ1) is 21.6. The molecular formula is C18H21Cl2IN6.